The number of rotatable bonds is 5. The summed E-state index contributed by atoms with van der Waals surface area (Å²) in [5.41, 5.74) is 10.9. The Kier molecular flexibility index (Phi) is 6.87. The molecule has 0 amide bonds. The van der Waals surface area contributed by atoms with Crippen molar-refractivity contribution in [3.05, 3.63) is 205 Å². The van der Waals surface area contributed by atoms with E-state index in [4.69, 9.17) is 0 Å². The van der Waals surface area contributed by atoms with Crippen molar-refractivity contribution < 1.29 is 0 Å². The molecule has 11 rings (SSSR count). The molecular weight excluding hydrogens is 661 g/mol. The minimum atomic E-state index is -0.384. The molecule has 2 aromatic heterocycles. The van der Waals surface area contributed by atoms with Gasteiger partial charge < -0.3 is 9.88 Å². The lowest BCUT2D eigenvalue weighted by molar-refractivity contribution is 0.429. The van der Waals surface area contributed by atoms with E-state index < -0.39 is 0 Å². The number of hydrogen-bond acceptors (Lipinski definition) is 2. The average molecular weight is 697 g/mol. The van der Waals surface area contributed by atoms with E-state index in [9.17, 15) is 0 Å². The molecule has 1 N–H and O–H groups in total. The third-order valence-corrected chi connectivity index (χ3v) is 13.0. The Morgan fingerprint density at radius 1 is 0.585 bits per heavy atom. The highest BCUT2D eigenvalue weighted by molar-refractivity contribution is 7.26. The van der Waals surface area contributed by atoms with Crippen LogP contribution in [-0.4, -0.2) is 10.6 Å². The van der Waals surface area contributed by atoms with Gasteiger partial charge in [0.15, 0.2) is 0 Å². The zero-order chi connectivity index (χ0) is 34.9. The van der Waals surface area contributed by atoms with E-state index in [0.717, 1.165) is 12.1 Å². The van der Waals surface area contributed by atoms with Crippen LogP contribution in [0.2, 0.25) is 0 Å². The lowest BCUT2D eigenvalue weighted by Gasteiger charge is -2.40. The highest BCUT2D eigenvalue weighted by atomic mass is 32.1. The summed E-state index contributed by atoms with van der Waals surface area (Å²) in [7, 11) is 0. The number of allylic oxidation sites excluding steroid dienone is 3. The Morgan fingerprint density at radius 2 is 1.28 bits per heavy atom. The maximum Gasteiger partial charge on any atom is 0.0678 e. The zero-order valence-corrected chi connectivity index (χ0v) is 29.9. The van der Waals surface area contributed by atoms with Crippen LogP contribution in [0, 0.1) is 5.92 Å². The topological polar surface area (TPSA) is 17.0 Å². The molecule has 3 heteroatoms. The molecule has 53 heavy (non-hydrogen) atoms. The van der Waals surface area contributed by atoms with Crippen molar-refractivity contribution in [1.82, 2.24) is 4.57 Å². The van der Waals surface area contributed by atoms with E-state index >= 15 is 0 Å². The number of hydrogen-bond donors (Lipinski definition) is 1. The van der Waals surface area contributed by atoms with E-state index in [1.165, 1.54) is 75.5 Å². The average Bonchev–Trinajstić information content (AvgIpc) is 3.90. The fraction of sp³-hybridized carbons (Fsp3) is 0.0800. The van der Waals surface area contributed by atoms with Crippen LogP contribution in [-0.2, 0) is 5.41 Å². The van der Waals surface area contributed by atoms with Gasteiger partial charge in [-0.3, -0.25) is 0 Å². The molecule has 252 valence electrons. The van der Waals surface area contributed by atoms with Gasteiger partial charge in [-0.1, -0.05) is 158 Å². The molecule has 2 nitrogen and oxygen atoms in total. The van der Waals surface area contributed by atoms with Crippen LogP contribution in [0.5, 0.6) is 0 Å². The first-order valence-corrected chi connectivity index (χ1v) is 19.4. The van der Waals surface area contributed by atoms with Gasteiger partial charge in [0.05, 0.1) is 22.5 Å². The van der Waals surface area contributed by atoms with E-state index in [0.29, 0.717) is 5.92 Å². The number of benzene rings is 7. The highest BCUT2D eigenvalue weighted by Gasteiger charge is 2.52. The summed E-state index contributed by atoms with van der Waals surface area (Å²) in [5, 5.41) is 9.46. The van der Waals surface area contributed by atoms with Crippen molar-refractivity contribution in [2.75, 3.05) is 5.32 Å². The van der Waals surface area contributed by atoms with Gasteiger partial charge in [0, 0.05) is 48.2 Å². The minimum absolute atomic E-state index is 0.118. The van der Waals surface area contributed by atoms with Gasteiger partial charge in [-0.15, -0.1) is 11.3 Å². The summed E-state index contributed by atoms with van der Waals surface area (Å²) in [4.78, 5) is 0. The molecule has 1 aliphatic heterocycles. The van der Waals surface area contributed by atoms with Gasteiger partial charge in [0.1, 0.15) is 0 Å². The van der Waals surface area contributed by atoms with Crippen molar-refractivity contribution in [3.8, 4) is 16.8 Å². The third kappa shape index (κ3) is 4.44. The van der Waals surface area contributed by atoms with E-state index in [2.05, 4.69) is 198 Å². The molecule has 0 radical (unpaired) electrons. The SMILES string of the molecule is C1=CCC(C2Nc3c(ccc4c3c3ccccc3n4-c3ccc(-c4cccc5c4sc4ccccc45)cc3)C2(c2ccccc2)c2ccccc2)C=C1. The summed E-state index contributed by atoms with van der Waals surface area (Å²) in [6, 6.07) is 60.9. The molecule has 9 aromatic rings. The first kappa shape index (κ1) is 30.5. The molecule has 0 saturated carbocycles. The van der Waals surface area contributed by atoms with Crippen LogP contribution in [0.25, 0.3) is 58.8 Å². The summed E-state index contributed by atoms with van der Waals surface area (Å²) < 4.78 is 5.14. The fourth-order valence-corrected chi connectivity index (χ4v) is 10.8. The summed E-state index contributed by atoms with van der Waals surface area (Å²) in [6.07, 6.45) is 10.1. The molecule has 7 aromatic carbocycles. The molecular formula is C50H36N2S. The van der Waals surface area contributed by atoms with Gasteiger partial charge in [-0.05, 0) is 64.6 Å². The molecule has 2 atom stereocenters. The van der Waals surface area contributed by atoms with Gasteiger partial charge in [0.2, 0.25) is 0 Å². The predicted molar refractivity (Wildman–Crippen MR) is 226 cm³/mol. The zero-order valence-electron chi connectivity index (χ0n) is 29.1. The van der Waals surface area contributed by atoms with Crippen LogP contribution < -0.4 is 5.32 Å². The second kappa shape index (κ2) is 11.9. The van der Waals surface area contributed by atoms with Crippen molar-refractivity contribution in [2.24, 2.45) is 5.92 Å². The lowest BCUT2D eigenvalue weighted by Crippen LogP contribution is -2.45. The molecule has 0 fully saturated rings. The number of anilines is 1. The van der Waals surface area contributed by atoms with Crippen LogP contribution in [0.3, 0.4) is 0 Å². The number of nitrogens with one attached hydrogen (secondary N) is 1. The van der Waals surface area contributed by atoms with Gasteiger partial charge in [-0.25, -0.2) is 0 Å². The van der Waals surface area contributed by atoms with Crippen LogP contribution in [0.1, 0.15) is 23.1 Å². The molecule has 0 spiro atoms. The van der Waals surface area contributed by atoms with Crippen molar-refractivity contribution in [1.29, 1.82) is 0 Å². The third-order valence-electron chi connectivity index (χ3n) is 11.8. The fourth-order valence-electron chi connectivity index (χ4n) is 9.53. The van der Waals surface area contributed by atoms with Crippen LogP contribution >= 0.6 is 11.3 Å². The Morgan fingerprint density at radius 3 is 2.04 bits per heavy atom. The van der Waals surface area contributed by atoms with Gasteiger partial charge in [0.25, 0.3) is 0 Å². The Bertz CT molecular complexity index is 2850. The second-order valence-corrected chi connectivity index (χ2v) is 15.5. The quantitative estimate of drug-likeness (QED) is 0.190. The highest BCUT2D eigenvalue weighted by Crippen LogP contribution is 2.56. The smallest absolute Gasteiger partial charge is 0.0678 e. The van der Waals surface area contributed by atoms with Crippen molar-refractivity contribution in [3.63, 3.8) is 0 Å². The van der Waals surface area contributed by atoms with Crippen molar-refractivity contribution >= 4 is 59.0 Å². The largest absolute Gasteiger partial charge is 0.379 e. The lowest BCUT2D eigenvalue weighted by atomic mass is 9.63. The number of para-hydroxylation sites is 1. The van der Waals surface area contributed by atoms with Crippen molar-refractivity contribution in [2.45, 2.75) is 17.9 Å². The standard InChI is InChI=1S/C50H36N2S/c1-4-15-34(16-5-1)49-50(35-17-6-2-7-18-35,36-19-8-3-9-20-36)42-31-32-44-46(47(42)51-49)41-22-10-12-25-43(41)52(44)37-29-27-33(28-30-37)38-23-14-24-40-39-21-11-13-26-45(39)53-48(38)40/h1-15,17-32,34,49,51H,16H2. The molecule has 2 aliphatic rings. The maximum absolute atomic E-state index is 4.25. The number of thiophene rings is 1. The normalized spacial score (nSPS) is 17.5. The van der Waals surface area contributed by atoms with E-state index in [1.807, 2.05) is 11.3 Å². The Hall–Kier alpha value is -6.16. The van der Waals surface area contributed by atoms with E-state index in [-0.39, 0.29) is 11.5 Å². The first-order valence-electron chi connectivity index (χ1n) is 18.6. The Balaban J connectivity index is 1.12. The summed E-state index contributed by atoms with van der Waals surface area (Å²) >= 11 is 1.89. The van der Waals surface area contributed by atoms with Crippen LogP contribution in [0.15, 0.2) is 188 Å². The predicted octanol–water partition coefficient (Wildman–Crippen LogP) is 13.1. The molecule has 2 unspecified atom stereocenters. The Labute approximate surface area is 313 Å². The van der Waals surface area contributed by atoms with Gasteiger partial charge >= 0.3 is 0 Å². The number of nitrogens with zero attached hydrogens (tertiary/aromatic N) is 1. The molecule has 0 bridgehead atoms. The minimum Gasteiger partial charge on any atom is -0.379 e. The van der Waals surface area contributed by atoms with Crippen LogP contribution in [0.4, 0.5) is 5.69 Å². The van der Waals surface area contributed by atoms with E-state index in [1.54, 1.807) is 0 Å². The maximum atomic E-state index is 4.25. The molecule has 0 saturated heterocycles. The second-order valence-electron chi connectivity index (χ2n) is 14.4. The first-order chi connectivity index (χ1) is 26.3. The summed E-state index contributed by atoms with van der Waals surface area (Å²) in [6.45, 7) is 0. The molecule has 3 heterocycles. The van der Waals surface area contributed by atoms with Gasteiger partial charge in [-0.2, -0.15) is 0 Å². The summed E-state index contributed by atoms with van der Waals surface area (Å²) in [5.74, 6) is 0.314. The monoisotopic (exact) mass is 696 g/mol. The molecule has 1 aliphatic carbocycles. The number of aromatic nitrogens is 1. The number of fused-ring (bicyclic) bond motifs is 8.